The predicted octanol–water partition coefficient (Wildman–Crippen LogP) is 5.07. The number of nitriles is 1. The second kappa shape index (κ2) is 8.85. The van der Waals surface area contributed by atoms with Crippen molar-refractivity contribution >= 4 is 33.6 Å². The number of hydrogen-bond acceptors (Lipinski definition) is 2. The van der Waals surface area contributed by atoms with Crippen LogP contribution in [0.25, 0.3) is 6.08 Å². The normalized spacial score (nSPS) is 11.7. The fourth-order valence-electron chi connectivity index (χ4n) is 2.06. The second-order valence-corrected chi connectivity index (χ2v) is 6.03. The molecule has 0 fully saturated rings. The first-order chi connectivity index (χ1) is 11.6. The lowest BCUT2D eigenvalue weighted by molar-refractivity contribution is -0.112. The van der Waals surface area contributed by atoms with Gasteiger partial charge in [0.2, 0.25) is 0 Å². The van der Waals surface area contributed by atoms with Crippen LogP contribution in [0, 0.1) is 11.3 Å². The van der Waals surface area contributed by atoms with Crippen molar-refractivity contribution in [3.8, 4) is 6.07 Å². The summed E-state index contributed by atoms with van der Waals surface area (Å²) in [4.78, 5) is 12.2. The van der Waals surface area contributed by atoms with E-state index in [1.807, 2.05) is 66.7 Å². The lowest BCUT2D eigenvalue weighted by Crippen LogP contribution is -2.13. The topological polar surface area (TPSA) is 52.9 Å². The van der Waals surface area contributed by atoms with E-state index < -0.39 is 5.91 Å². The molecule has 0 radical (unpaired) electrons. The van der Waals surface area contributed by atoms with Gasteiger partial charge in [0, 0.05) is 10.2 Å². The van der Waals surface area contributed by atoms with E-state index >= 15 is 0 Å². The number of amides is 1. The van der Waals surface area contributed by atoms with Crippen molar-refractivity contribution < 1.29 is 4.79 Å². The van der Waals surface area contributed by atoms with Crippen molar-refractivity contribution in [1.82, 2.24) is 0 Å². The molecule has 0 atom stereocenters. The molecule has 0 aromatic heterocycles. The average Bonchev–Trinajstić information content (AvgIpc) is 2.61. The van der Waals surface area contributed by atoms with Gasteiger partial charge in [0.15, 0.2) is 0 Å². The minimum atomic E-state index is -0.430. The molecule has 4 heteroatoms. The Kier molecular flexibility index (Phi) is 6.53. The van der Waals surface area contributed by atoms with Crippen molar-refractivity contribution in [3.05, 3.63) is 81.9 Å². The summed E-state index contributed by atoms with van der Waals surface area (Å²) in [6.07, 6.45) is 4.30. The minimum Gasteiger partial charge on any atom is -0.321 e. The molecule has 2 rings (SSSR count). The molecule has 0 aliphatic heterocycles. The first kappa shape index (κ1) is 17.7. The minimum absolute atomic E-state index is 0.0358. The van der Waals surface area contributed by atoms with Crippen LogP contribution in [0.2, 0.25) is 0 Å². The number of anilines is 1. The summed E-state index contributed by atoms with van der Waals surface area (Å²) in [7, 11) is 0. The van der Waals surface area contributed by atoms with E-state index in [1.54, 1.807) is 0 Å². The molecule has 3 nitrogen and oxygen atoms in total. The molecule has 1 N–H and O–H groups in total. The highest BCUT2D eigenvalue weighted by molar-refractivity contribution is 9.12. The van der Waals surface area contributed by atoms with Gasteiger partial charge in [-0.05, 0) is 41.8 Å². The monoisotopic (exact) mass is 380 g/mol. The van der Waals surface area contributed by atoms with Crippen molar-refractivity contribution in [2.24, 2.45) is 0 Å². The van der Waals surface area contributed by atoms with E-state index in [2.05, 4.69) is 28.2 Å². The fraction of sp³-hybridized carbons (Fsp3) is 0.100. The van der Waals surface area contributed by atoms with E-state index in [9.17, 15) is 10.1 Å². The zero-order valence-electron chi connectivity index (χ0n) is 13.3. The van der Waals surface area contributed by atoms with Crippen molar-refractivity contribution in [1.29, 1.82) is 5.26 Å². The van der Waals surface area contributed by atoms with Gasteiger partial charge in [-0.1, -0.05) is 65.3 Å². The van der Waals surface area contributed by atoms with Gasteiger partial charge in [0.25, 0.3) is 5.91 Å². The van der Waals surface area contributed by atoms with Crippen molar-refractivity contribution in [2.45, 2.75) is 13.3 Å². The van der Waals surface area contributed by atoms with Gasteiger partial charge in [-0.25, -0.2) is 0 Å². The summed E-state index contributed by atoms with van der Waals surface area (Å²) in [5.41, 5.74) is 2.88. The Labute approximate surface area is 150 Å². The molecular formula is C20H17BrN2O. The van der Waals surface area contributed by atoms with Crippen molar-refractivity contribution in [3.63, 3.8) is 0 Å². The maximum Gasteiger partial charge on any atom is 0.266 e. The van der Waals surface area contributed by atoms with Crippen LogP contribution in [-0.4, -0.2) is 5.91 Å². The van der Waals surface area contributed by atoms with Crippen LogP contribution >= 0.6 is 15.9 Å². The number of carbonyl (C=O) groups excluding carboxylic acids is 1. The fourth-order valence-corrected chi connectivity index (χ4v) is 2.55. The zero-order valence-corrected chi connectivity index (χ0v) is 14.9. The van der Waals surface area contributed by atoms with Gasteiger partial charge in [0.05, 0.1) is 0 Å². The zero-order chi connectivity index (χ0) is 17.4. The Bertz CT molecular complexity index is 800. The first-order valence-electron chi connectivity index (χ1n) is 7.56. The Morgan fingerprint density at radius 1 is 1.17 bits per heavy atom. The molecule has 2 aromatic rings. The van der Waals surface area contributed by atoms with Gasteiger partial charge in [0.1, 0.15) is 11.6 Å². The number of rotatable bonds is 5. The van der Waals surface area contributed by atoms with E-state index in [-0.39, 0.29) is 5.57 Å². The third-order valence-corrected chi connectivity index (χ3v) is 3.83. The number of carbonyl (C=O) groups is 1. The maximum absolute atomic E-state index is 12.2. The average molecular weight is 381 g/mol. The maximum atomic E-state index is 12.2. The smallest absolute Gasteiger partial charge is 0.266 e. The van der Waals surface area contributed by atoms with Gasteiger partial charge in [-0.2, -0.15) is 5.26 Å². The van der Waals surface area contributed by atoms with Crippen LogP contribution in [0.5, 0.6) is 0 Å². The second-order valence-electron chi connectivity index (χ2n) is 5.11. The predicted molar refractivity (Wildman–Crippen MR) is 101 cm³/mol. The number of benzene rings is 2. The molecule has 0 aliphatic carbocycles. The molecule has 0 bridgehead atoms. The standard InChI is InChI=1S/C20H17BrN2O/c1-2-15-8-10-19(11-9-15)23-20(24)17(14-22)13-18(21)12-16-6-4-3-5-7-16/h3-13H,2H2,1H3,(H,23,24)/b17-13+,18-12-. The van der Waals surface area contributed by atoms with Gasteiger partial charge in [-0.15, -0.1) is 0 Å². The summed E-state index contributed by atoms with van der Waals surface area (Å²) < 4.78 is 0.654. The van der Waals surface area contributed by atoms with Gasteiger partial charge < -0.3 is 5.32 Å². The van der Waals surface area contributed by atoms with Crippen molar-refractivity contribution in [2.75, 3.05) is 5.32 Å². The van der Waals surface area contributed by atoms with Gasteiger partial charge >= 0.3 is 0 Å². The highest BCUT2D eigenvalue weighted by Crippen LogP contribution is 2.17. The lowest BCUT2D eigenvalue weighted by atomic mass is 10.1. The summed E-state index contributed by atoms with van der Waals surface area (Å²) in [5, 5.41) is 12.0. The molecule has 0 unspecified atom stereocenters. The van der Waals surface area contributed by atoms with E-state index in [1.165, 1.54) is 11.6 Å². The highest BCUT2D eigenvalue weighted by atomic mass is 79.9. The summed E-state index contributed by atoms with van der Waals surface area (Å²) in [6.45, 7) is 2.07. The molecule has 0 saturated carbocycles. The SMILES string of the molecule is CCc1ccc(NC(=O)/C(C#N)=C/C(Br)=C/c2ccccc2)cc1. The van der Waals surface area contributed by atoms with Crippen LogP contribution in [0.3, 0.4) is 0 Å². The Morgan fingerprint density at radius 2 is 1.83 bits per heavy atom. The third-order valence-electron chi connectivity index (χ3n) is 3.37. The highest BCUT2D eigenvalue weighted by Gasteiger charge is 2.09. The first-order valence-corrected chi connectivity index (χ1v) is 8.36. The molecule has 0 aliphatic rings. The number of hydrogen-bond donors (Lipinski definition) is 1. The number of nitrogens with one attached hydrogen (secondary N) is 1. The van der Waals surface area contributed by atoms with Crippen LogP contribution in [0.1, 0.15) is 18.1 Å². The van der Waals surface area contributed by atoms with E-state index in [4.69, 9.17) is 0 Å². The van der Waals surface area contributed by atoms with E-state index in [0.29, 0.717) is 10.2 Å². The molecule has 24 heavy (non-hydrogen) atoms. The number of aryl methyl sites for hydroxylation is 1. The Hall–Kier alpha value is -2.64. The quantitative estimate of drug-likeness (QED) is 0.447. The lowest BCUT2D eigenvalue weighted by Gasteiger charge is -2.05. The number of halogens is 1. The molecule has 0 spiro atoms. The largest absolute Gasteiger partial charge is 0.321 e. The number of nitrogens with zero attached hydrogens (tertiary/aromatic N) is 1. The van der Waals surface area contributed by atoms with Crippen LogP contribution < -0.4 is 5.32 Å². The molecule has 2 aromatic carbocycles. The van der Waals surface area contributed by atoms with Crippen LogP contribution in [0.15, 0.2) is 70.7 Å². The molecule has 1 amide bonds. The van der Waals surface area contributed by atoms with E-state index in [0.717, 1.165) is 12.0 Å². The summed E-state index contributed by atoms with van der Waals surface area (Å²) in [5.74, 6) is -0.430. The summed E-state index contributed by atoms with van der Waals surface area (Å²) >= 11 is 3.38. The molecular weight excluding hydrogens is 364 g/mol. The Balaban J connectivity index is 2.13. The number of allylic oxidation sites excluding steroid dienone is 2. The molecule has 0 saturated heterocycles. The van der Waals surface area contributed by atoms with Gasteiger partial charge in [-0.3, -0.25) is 4.79 Å². The Morgan fingerprint density at radius 3 is 2.42 bits per heavy atom. The van der Waals surface area contributed by atoms with Crippen LogP contribution in [-0.2, 0) is 11.2 Å². The molecule has 120 valence electrons. The molecule has 0 heterocycles. The third kappa shape index (κ3) is 5.22. The summed E-state index contributed by atoms with van der Waals surface area (Å²) in [6, 6.07) is 19.2. The van der Waals surface area contributed by atoms with Crippen LogP contribution in [0.4, 0.5) is 5.69 Å².